The molecule has 1 rings (SSSR count). The van der Waals surface area contributed by atoms with E-state index in [-0.39, 0.29) is 0 Å². The van der Waals surface area contributed by atoms with Gasteiger partial charge in [0.1, 0.15) is 0 Å². The maximum absolute atomic E-state index is 6.62. The second-order valence-corrected chi connectivity index (χ2v) is 2.05. The molecule has 0 atom stereocenters. The molecule has 0 saturated carbocycles. The van der Waals surface area contributed by atoms with E-state index in [2.05, 4.69) is 6.21 Å². The molecular weight excluding hydrogens is 106 g/mol. The van der Waals surface area contributed by atoms with Gasteiger partial charge in [0.25, 0.3) is 0 Å². The lowest BCUT2D eigenvalue weighted by molar-refractivity contribution is 1.57. The minimum Gasteiger partial charge on any atom is -0.297 e. The summed E-state index contributed by atoms with van der Waals surface area (Å²) in [5.74, 6) is 0. The van der Waals surface area contributed by atoms with Crippen molar-refractivity contribution < 1.29 is 0 Å². The summed E-state index contributed by atoms with van der Waals surface area (Å²) in [7, 11) is 0. The maximum Gasteiger partial charge on any atom is 0.0976 e. The van der Waals surface area contributed by atoms with Crippen molar-refractivity contribution in [2.45, 2.75) is 0 Å². The van der Waals surface area contributed by atoms with Gasteiger partial charge in [-0.05, 0) is 11.4 Å². The van der Waals surface area contributed by atoms with Crippen LogP contribution in [0.2, 0.25) is 0 Å². The van der Waals surface area contributed by atoms with Gasteiger partial charge in [0.05, 0.1) is 11.1 Å². The second-order valence-electron chi connectivity index (χ2n) is 1.10. The molecule has 1 aromatic rings. The van der Waals surface area contributed by atoms with Crippen molar-refractivity contribution in [3.05, 3.63) is 22.4 Å². The summed E-state index contributed by atoms with van der Waals surface area (Å²) in [5.41, 5.74) is 0. The number of hydrogen-bond acceptors (Lipinski definition) is 2. The highest BCUT2D eigenvalue weighted by Gasteiger charge is 1.81. The van der Waals surface area contributed by atoms with Gasteiger partial charge in [-0.15, -0.1) is 11.3 Å². The molecule has 0 unspecified atom stereocenters. The summed E-state index contributed by atoms with van der Waals surface area (Å²) in [4.78, 5) is 0.889. The maximum atomic E-state index is 6.62. The lowest BCUT2D eigenvalue weighted by Crippen LogP contribution is -1.61. The Labute approximate surface area is 46.1 Å². The monoisotopic (exact) mass is 110 g/mol. The van der Waals surface area contributed by atoms with Crippen LogP contribution in [0.4, 0.5) is 0 Å². The van der Waals surface area contributed by atoms with E-state index >= 15 is 0 Å². The van der Waals surface area contributed by atoms with Gasteiger partial charge in [-0.2, -0.15) is 0 Å². The first-order chi connectivity index (χ1) is 3.43. The van der Waals surface area contributed by atoms with Crippen molar-refractivity contribution in [3.8, 4) is 0 Å². The molecule has 2 heteroatoms. The van der Waals surface area contributed by atoms with E-state index in [1.807, 2.05) is 17.5 Å². The largest absolute Gasteiger partial charge is 0.297 e. The Bertz CT molecular complexity index is 143. The van der Waals surface area contributed by atoms with Gasteiger partial charge in [0.15, 0.2) is 0 Å². The first kappa shape index (κ1) is 4.53. The minimum atomic E-state index is 0.889. The van der Waals surface area contributed by atoms with Crippen molar-refractivity contribution in [1.29, 1.82) is 5.41 Å². The number of nitrogens with one attached hydrogen (secondary N) is 1. The van der Waals surface area contributed by atoms with E-state index < -0.39 is 0 Å². The highest BCUT2D eigenvalue weighted by molar-refractivity contribution is 7.11. The van der Waals surface area contributed by atoms with E-state index in [1.54, 1.807) is 0 Å². The Hall–Kier alpha value is -0.630. The lowest BCUT2D eigenvalue weighted by atomic mass is 10.5. The molecule has 0 fully saturated rings. The standard InChI is InChI=1S/C5H4NS/c6-4-5-2-1-3-7-5/h1-3,6H. The molecule has 1 aromatic heterocycles. The molecule has 7 heavy (non-hydrogen) atoms. The van der Waals surface area contributed by atoms with Crippen LogP contribution in [-0.2, 0) is 0 Å². The topological polar surface area (TPSA) is 23.9 Å². The zero-order chi connectivity index (χ0) is 5.11. The van der Waals surface area contributed by atoms with Crippen molar-refractivity contribution in [1.82, 2.24) is 0 Å². The molecule has 1 nitrogen and oxygen atoms in total. The molecule has 0 bridgehead atoms. The van der Waals surface area contributed by atoms with Crippen LogP contribution in [0.5, 0.6) is 0 Å². The molecule has 1 radical (unpaired) electrons. The van der Waals surface area contributed by atoms with Gasteiger partial charge in [-0.3, -0.25) is 5.41 Å². The quantitative estimate of drug-likeness (QED) is 0.531. The first-order valence-corrected chi connectivity index (χ1v) is 2.77. The van der Waals surface area contributed by atoms with Crippen LogP contribution < -0.4 is 0 Å². The Kier molecular flexibility index (Phi) is 1.22. The third kappa shape index (κ3) is 0.871. The highest BCUT2D eigenvalue weighted by Crippen LogP contribution is 2.02. The Balaban J connectivity index is 2.96. The molecule has 0 aliphatic carbocycles. The van der Waals surface area contributed by atoms with Crippen LogP contribution in [0, 0.1) is 5.41 Å². The van der Waals surface area contributed by atoms with Crippen molar-refractivity contribution in [2.75, 3.05) is 0 Å². The average molecular weight is 110 g/mol. The van der Waals surface area contributed by atoms with Gasteiger partial charge in [0.2, 0.25) is 0 Å². The minimum absolute atomic E-state index is 0.889. The fourth-order valence-electron chi connectivity index (χ4n) is 0.350. The first-order valence-electron chi connectivity index (χ1n) is 1.90. The summed E-state index contributed by atoms with van der Waals surface area (Å²) in [6.45, 7) is 0. The Morgan fingerprint density at radius 3 is 2.86 bits per heavy atom. The second kappa shape index (κ2) is 1.89. The molecule has 1 heterocycles. The van der Waals surface area contributed by atoms with Crippen LogP contribution in [-0.4, -0.2) is 6.21 Å². The van der Waals surface area contributed by atoms with Gasteiger partial charge < -0.3 is 0 Å². The summed E-state index contributed by atoms with van der Waals surface area (Å²) in [6, 6.07) is 3.76. The lowest BCUT2D eigenvalue weighted by Gasteiger charge is -1.67. The molecule has 0 spiro atoms. The van der Waals surface area contributed by atoms with E-state index in [0.717, 1.165) is 4.88 Å². The van der Waals surface area contributed by atoms with Gasteiger partial charge >= 0.3 is 0 Å². The van der Waals surface area contributed by atoms with E-state index in [0.29, 0.717) is 0 Å². The molecule has 0 saturated heterocycles. The zero-order valence-corrected chi connectivity index (χ0v) is 4.46. The van der Waals surface area contributed by atoms with Crippen LogP contribution in [0.15, 0.2) is 17.5 Å². The summed E-state index contributed by atoms with van der Waals surface area (Å²) in [6.07, 6.45) is 2.28. The Morgan fingerprint density at radius 1 is 1.71 bits per heavy atom. The van der Waals surface area contributed by atoms with Gasteiger partial charge in [0, 0.05) is 0 Å². The molecule has 0 amide bonds. The molecule has 1 N–H and O–H groups in total. The van der Waals surface area contributed by atoms with Crippen molar-refractivity contribution in [3.63, 3.8) is 0 Å². The van der Waals surface area contributed by atoms with Crippen LogP contribution >= 0.6 is 11.3 Å². The van der Waals surface area contributed by atoms with E-state index in [1.165, 1.54) is 11.3 Å². The van der Waals surface area contributed by atoms with Gasteiger partial charge in [-0.1, -0.05) is 6.07 Å². The number of rotatable bonds is 1. The van der Waals surface area contributed by atoms with E-state index in [4.69, 9.17) is 5.41 Å². The van der Waals surface area contributed by atoms with Gasteiger partial charge in [-0.25, -0.2) is 0 Å². The summed E-state index contributed by atoms with van der Waals surface area (Å²) >= 11 is 1.52. The predicted octanol–water partition coefficient (Wildman–Crippen LogP) is 1.62. The average Bonchev–Trinajstić information content (AvgIpc) is 2.14. The number of thiophene rings is 1. The van der Waals surface area contributed by atoms with Crippen LogP contribution in [0.3, 0.4) is 0 Å². The third-order valence-electron chi connectivity index (χ3n) is 0.644. The molecule has 35 valence electrons. The SMILES string of the molecule is N=[C]c1cccs1. The predicted molar refractivity (Wildman–Crippen MR) is 31.1 cm³/mol. The Morgan fingerprint density at radius 2 is 2.57 bits per heavy atom. The van der Waals surface area contributed by atoms with Crippen molar-refractivity contribution >= 4 is 17.6 Å². The van der Waals surface area contributed by atoms with Crippen molar-refractivity contribution in [2.24, 2.45) is 0 Å². The third-order valence-corrected chi connectivity index (χ3v) is 1.43. The highest BCUT2D eigenvalue weighted by atomic mass is 32.1. The molecular formula is C5H4NS. The van der Waals surface area contributed by atoms with E-state index in [9.17, 15) is 0 Å². The summed E-state index contributed by atoms with van der Waals surface area (Å²) in [5, 5.41) is 8.55. The molecule has 0 aliphatic heterocycles. The molecule has 0 aromatic carbocycles. The summed E-state index contributed by atoms with van der Waals surface area (Å²) < 4.78 is 0. The zero-order valence-electron chi connectivity index (χ0n) is 3.64. The smallest absolute Gasteiger partial charge is 0.0976 e. The van der Waals surface area contributed by atoms with Crippen LogP contribution in [0.1, 0.15) is 4.88 Å². The normalized spacial score (nSPS) is 8.57. The fourth-order valence-corrected chi connectivity index (χ4v) is 0.869. The van der Waals surface area contributed by atoms with Crippen LogP contribution in [0.25, 0.3) is 0 Å². The fraction of sp³-hybridized carbons (Fsp3) is 0. The number of hydrogen-bond donors (Lipinski definition) is 1. The molecule has 0 aliphatic rings.